The Balaban J connectivity index is 1.32. The highest BCUT2D eigenvalue weighted by molar-refractivity contribution is 7.28. The minimum Gasteiger partial charge on any atom is -0.508 e. The van der Waals surface area contributed by atoms with E-state index in [0.717, 1.165) is 42.6 Å². The summed E-state index contributed by atoms with van der Waals surface area (Å²) in [4.78, 5) is 16.5. The Kier molecular flexibility index (Phi) is 5.88. The summed E-state index contributed by atoms with van der Waals surface area (Å²) in [7, 11) is 2.16. The molecule has 0 amide bonds. The number of aliphatic hydroxyl groups is 1. The van der Waals surface area contributed by atoms with Crippen molar-refractivity contribution in [1.82, 2.24) is 25.1 Å². The van der Waals surface area contributed by atoms with Crippen molar-refractivity contribution >= 4 is 48.6 Å². The lowest BCUT2D eigenvalue weighted by Crippen LogP contribution is -2.44. The summed E-state index contributed by atoms with van der Waals surface area (Å²) < 4.78 is 0. The Morgan fingerprint density at radius 2 is 1.97 bits per heavy atom. The lowest BCUT2D eigenvalue weighted by atomic mass is 10.0. The van der Waals surface area contributed by atoms with Crippen LogP contribution < -0.4 is 4.90 Å². The molecule has 3 aromatic heterocycles. The normalized spacial score (nSPS) is 19.4. The molecule has 7 nitrogen and oxygen atoms in total. The number of thiazole rings is 2. The van der Waals surface area contributed by atoms with Gasteiger partial charge in [0, 0.05) is 49.6 Å². The van der Waals surface area contributed by atoms with Gasteiger partial charge in [-0.2, -0.15) is 5.10 Å². The molecule has 2 aliphatic rings. The average Bonchev–Trinajstić information content (AvgIpc) is 3.19. The molecule has 3 aromatic rings. The zero-order valence-corrected chi connectivity index (χ0v) is 20.0. The number of allylic oxidation sites excluding steroid dienone is 4. The summed E-state index contributed by atoms with van der Waals surface area (Å²) in [5.74, 6) is 0.169. The predicted octanol–water partition coefficient (Wildman–Crippen LogP) is 5.10. The molecule has 9 heteroatoms. The predicted molar refractivity (Wildman–Crippen MR) is 133 cm³/mol. The standard InChI is InChI=1S/C23H28N6OS2/c1-4-15(16-12-24-25-13-16)11-19(30)14(2)20-26-21-22(31-20)27-23(32-21)28(3)17-7-9-29(10-8-17)18-5-6-18/h4,11-13,17-18,30H,1,5-10H2,2-3H3,(H,24,25)/b15-11+,19-14-. The number of nitrogens with one attached hydrogen (secondary N) is 1. The van der Waals surface area contributed by atoms with Crippen LogP contribution in [0, 0.1) is 0 Å². The second kappa shape index (κ2) is 8.80. The van der Waals surface area contributed by atoms with Crippen LogP contribution in [0.25, 0.3) is 20.8 Å². The third-order valence-electron chi connectivity index (χ3n) is 6.43. The van der Waals surface area contributed by atoms with E-state index in [9.17, 15) is 5.11 Å². The maximum absolute atomic E-state index is 10.7. The lowest BCUT2D eigenvalue weighted by Gasteiger charge is -2.36. The molecule has 1 aliphatic heterocycles. The molecule has 0 aromatic carbocycles. The molecule has 0 radical (unpaired) electrons. The first kappa shape index (κ1) is 21.4. The third-order valence-corrected chi connectivity index (χ3v) is 8.66. The van der Waals surface area contributed by atoms with Crippen molar-refractivity contribution in [1.29, 1.82) is 0 Å². The molecular formula is C23H28N6OS2. The quantitative estimate of drug-likeness (QED) is 0.371. The Bertz CT molecular complexity index is 1130. The average molecular weight is 469 g/mol. The molecule has 0 atom stereocenters. The number of H-pyrrole nitrogens is 1. The minimum atomic E-state index is 0.169. The molecule has 0 spiro atoms. The first-order valence-electron chi connectivity index (χ1n) is 11.0. The number of hydrogen-bond donors (Lipinski definition) is 2. The molecule has 1 saturated carbocycles. The largest absolute Gasteiger partial charge is 0.508 e. The van der Waals surface area contributed by atoms with E-state index in [1.807, 2.05) is 6.92 Å². The summed E-state index contributed by atoms with van der Waals surface area (Å²) in [6, 6.07) is 1.40. The molecule has 4 heterocycles. The molecule has 2 N–H and O–H groups in total. The third kappa shape index (κ3) is 4.24. The number of hydrogen-bond acceptors (Lipinski definition) is 8. The van der Waals surface area contributed by atoms with Gasteiger partial charge in [0.1, 0.15) is 10.8 Å². The molecule has 168 valence electrons. The van der Waals surface area contributed by atoms with Crippen molar-refractivity contribution in [2.75, 3.05) is 25.0 Å². The van der Waals surface area contributed by atoms with Crippen molar-refractivity contribution < 1.29 is 5.11 Å². The first-order chi connectivity index (χ1) is 15.5. The van der Waals surface area contributed by atoms with E-state index in [1.54, 1.807) is 35.9 Å². The van der Waals surface area contributed by atoms with Crippen LogP contribution in [0.3, 0.4) is 0 Å². The van der Waals surface area contributed by atoms with Crippen LogP contribution in [0.5, 0.6) is 0 Å². The van der Waals surface area contributed by atoms with Crippen LogP contribution in [0.15, 0.2) is 36.9 Å². The monoisotopic (exact) mass is 468 g/mol. The Morgan fingerprint density at radius 1 is 1.22 bits per heavy atom. The minimum absolute atomic E-state index is 0.169. The van der Waals surface area contributed by atoms with E-state index in [2.05, 4.69) is 33.6 Å². The maximum atomic E-state index is 10.7. The number of fused-ring (bicyclic) bond motifs is 1. The number of aromatic nitrogens is 4. The van der Waals surface area contributed by atoms with Crippen molar-refractivity contribution in [2.24, 2.45) is 0 Å². The summed E-state index contributed by atoms with van der Waals surface area (Å²) in [5, 5.41) is 19.2. The van der Waals surface area contributed by atoms with Gasteiger partial charge in [-0.3, -0.25) is 5.10 Å². The Morgan fingerprint density at radius 3 is 2.59 bits per heavy atom. The Labute approximate surface area is 195 Å². The second-order valence-electron chi connectivity index (χ2n) is 8.54. The summed E-state index contributed by atoms with van der Waals surface area (Å²) in [6.07, 6.45) is 12.0. The maximum Gasteiger partial charge on any atom is 0.188 e. The number of aliphatic hydroxyl groups excluding tert-OH is 1. The van der Waals surface area contributed by atoms with Gasteiger partial charge >= 0.3 is 0 Å². The zero-order chi connectivity index (χ0) is 22.2. The highest BCUT2D eigenvalue weighted by Crippen LogP contribution is 2.37. The van der Waals surface area contributed by atoms with Gasteiger partial charge in [-0.05, 0) is 44.3 Å². The molecule has 0 bridgehead atoms. The number of piperidine rings is 1. The number of aromatic amines is 1. The molecule has 1 saturated heterocycles. The molecule has 1 aliphatic carbocycles. The fourth-order valence-corrected chi connectivity index (χ4v) is 6.29. The van der Waals surface area contributed by atoms with Gasteiger partial charge in [0.2, 0.25) is 0 Å². The van der Waals surface area contributed by atoms with E-state index >= 15 is 0 Å². The summed E-state index contributed by atoms with van der Waals surface area (Å²) in [5.41, 5.74) is 2.39. The van der Waals surface area contributed by atoms with Gasteiger partial charge < -0.3 is 14.9 Å². The van der Waals surface area contributed by atoms with Gasteiger partial charge in [0.05, 0.1) is 6.20 Å². The summed E-state index contributed by atoms with van der Waals surface area (Å²) >= 11 is 3.16. The van der Waals surface area contributed by atoms with Crippen LogP contribution in [-0.4, -0.2) is 62.4 Å². The van der Waals surface area contributed by atoms with Crippen molar-refractivity contribution in [3.63, 3.8) is 0 Å². The fraction of sp³-hybridized carbons (Fsp3) is 0.435. The SMILES string of the molecule is C=C/C(=C\C(O)=C(/C)c1nc2sc(N(C)C3CCN(C4CC4)CC3)nc2s1)c1cn[nH]c1. The van der Waals surface area contributed by atoms with Gasteiger partial charge in [0.25, 0.3) is 0 Å². The Hall–Kier alpha value is -2.49. The van der Waals surface area contributed by atoms with Crippen LogP contribution in [-0.2, 0) is 0 Å². The van der Waals surface area contributed by atoms with Gasteiger partial charge in [-0.1, -0.05) is 35.3 Å². The number of nitrogens with zero attached hydrogens (tertiary/aromatic N) is 5. The molecule has 32 heavy (non-hydrogen) atoms. The highest BCUT2D eigenvalue weighted by atomic mass is 32.1. The molecule has 2 fully saturated rings. The van der Waals surface area contributed by atoms with Crippen molar-refractivity contribution in [3.8, 4) is 0 Å². The van der Waals surface area contributed by atoms with E-state index < -0.39 is 0 Å². The topological polar surface area (TPSA) is 81.2 Å². The van der Waals surface area contributed by atoms with Crippen LogP contribution >= 0.6 is 22.7 Å². The van der Waals surface area contributed by atoms with Crippen molar-refractivity contribution in [2.45, 2.75) is 44.7 Å². The smallest absolute Gasteiger partial charge is 0.188 e. The lowest BCUT2D eigenvalue weighted by molar-refractivity contribution is 0.202. The number of rotatable bonds is 7. The zero-order valence-electron chi connectivity index (χ0n) is 18.4. The number of likely N-dealkylation sites (tertiary alicyclic amines) is 1. The fourth-order valence-electron chi connectivity index (χ4n) is 4.21. The van der Waals surface area contributed by atoms with Gasteiger partial charge in [-0.25, -0.2) is 9.97 Å². The van der Waals surface area contributed by atoms with Crippen LogP contribution in [0.4, 0.5) is 5.13 Å². The van der Waals surface area contributed by atoms with E-state index in [-0.39, 0.29) is 5.76 Å². The molecule has 0 unspecified atom stereocenters. The van der Waals surface area contributed by atoms with Crippen molar-refractivity contribution in [3.05, 3.63) is 47.5 Å². The van der Waals surface area contributed by atoms with Crippen LogP contribution in [0.2, 0.25) is 0 Å². The number of anilines is 1. The van der Waals surface area contributed by atoms with Gasteiger partial charge in [0.15, 0.2) is 14.8 Å². The van der Waals surface area contributed by atoms with E-state index in [1.165, 1.54) is 50.1 Å². The van der Waals surface area contributed by atoms with Gasteiger partial charge in [-0.15, -0.1) is 0 Å². The highest BCUT2D eigenvalue weighted by Gasteiger charge is 2.33. The van der Waals surface area contributed by atoms with Crippen LogP contribution in [0.1, 0.15) is 43.2 Å². The second-order valence-corrected chi connectivity index (χ2v) is 10.5. The first-order valence-corrected chi connectivity index (χ1v) is 12.6. The molecular weight excluding hydrogens is 440 g/mol. The van der Waals surface area contributed by atoms with E-state index in [0.29, 0.717) is 6.04 Å². The van der Waals surface area contributed by atoms with E-state index in [4.69, 9.17) is 9.97 Å². The summed E-state index contributed by atoms with van der Waals surface area (Å²) in [6.45, 7) is 8.11. The molecule has 5 rings (SSSR count).